The number of carbonyl (C=O) groups is 1. The van der Waals surface area contributed by atoms with E-state index in [9.17, 15) is 4.79 Å². The zero-order valence-corrected chi connectivity index (χ0v) is 22.4. The van der Waals surface area contributed by atoms with Gasteiger partial charge in [0.05, 0.1) is 28.5 Å². The van der Waals surface area contributed by atoms with E-state index in [1.807, 2.05) is 84.4 Å². The number of aryl methyl sites for hydroxylation is 1. The molecule has 1 fully saturated rings. The maximum atomic E-state index is 12.9. The summed E-state index contributed by atoms with van der Waals surface area (Å²) >= 11 is 18.5. The van der Waals surface area contributed by atoms with Gasteiger partial charge in [0.15, 0.2) is 5.11 Å². The molecule has 0 spiro atoms. The van der Waals surface area contributed by atoms with E-state index in [0.717, 1.165) is 28.3 Å². The zero-order chi connectivity index (χ0) is 25.9. The molecule has 1 saturated heterocycles. The van der Waals surface area contributed by atoms with Gasteiger partial charge in [0, 0.05) is 41.8 Å². The van der Waals surface area contributed by atoms with Crippen LogP contribution in [0.15, 0.2) is 85.2 Å². The molecule has 0 saturated carbocycles. The topological polar surface area (TPSA) is 62.2 Å². The number of nitrogens with zero attached hydrogens (tertiary/aromatic N) is 3. The normalized spacial score (nSPS) is 17.1. The Bertz CT molecular complexity index is 1440. The number of halogens is 2. The van der Waals surface area contributed by atoms with E-state index in [4.69, 9.17) is 35.4 Å². The van der Waals surface area contributed by atoms with Crippen molar-refractivity contribution in [1.82, 2.24) is 19.8 Å². The third-order valence-corrected chi connectivity index (χ3v) is 7.34. The summed E-state index contributed by atoms with van der Waals surface area (Å²) < 4.78 is 2.04. The summed E-state index contributed by atoms with van der Waals surface area (Å²) in [5.41, 5.74) is 4.45. The Kier molecular flexibility index (Phi) is 7.46. The first-order valence-electron chi connectivity index (χ1n) is 11.9. The molecule has 2 N–H and O–H groups in total. The number of benzene rings is 2. The van der Waals surface area contributed by atoms with Gasteiger partial charge in [-0.3, -0.25) is 9.78 Å². The van der Waals surface area contributed by atoms with Gasteiger partial charge in [-0.1, -0.05) is 47.5 Å². The van der Waals surface area contributed by atoms with Crippen LogP contribution in [0.25, 0.3) is 5.69 Å². The van der Waals surface area contributed by atoms with Crippen LogP contribution in [-0.2, 0) is 4.79 Å². The SMILES string of the molecule is Cc1ccccc1NC(=O)CCN1C(=S)N[C@@H](c2ccccn2)[C@@H]1c1cccn1-c1ccc(Cl)cc1Cl. The maximum absolute atomic E-state index is 12.9. The van der Waals surface area contributed by atoms with Crippen LogP contribution < -0.4 is 10.6 Å². The lowest BCUT2D eigenvalue weighted by Gasteiger charge is -2.29. The third-order valence-electron chi connectivity index (χ3n) is 6.45. The molecule has 2 atom stereocenters. The van der Waals surface area contributed by atoms with E-state index in [1.165, 1.54) is 0 Å². The van der Waals surface area contributed by atoms with Crippen LogP contribution >= 0.6 is 35.4 Å². The van der Waals surface area contributed by atoms with Gasteiger partial charge in [0.1, 0.15) is 0 Å². The highest BCUT2D eigenvalue weighted by molar-refractivity contribution is 7.80. The highest BCUT2D eigenvalue weighted by Gasteiger charge is 2.41. The number of amides is 1. The van der Waals surface area contributed by atoms with Crippen molar-refractivity contribution < 1.29 is 4.79 Å². The van der Waals surface area contributed by atoms with E-state index in [1.54, 1.807) is 12.3 Å². The standard InChI is InChI=1S/C28H25Cl2N5OS/c1-18-7-2-3-8-21(18)32-25(36)13-16-35-27(26(33-28(35)37)22-9-4-5-14-31-22)24-10-6-15-34(24)23-12-11-19(29)17-20(23)30/h2-12,14-15,17,26-27H,13,16H2,1H3,(H,32,36)(H,33,37)/t26-,27-/m0/s1. The van der Waals surface area contributed by atoms with Crippen molar-refractivity contribution >= 4 is 52.1 Å². The smallest absolute Gasteiger partial charge is 0.226 e. The van der Waals surface area contributed by atoms with Crippen LogP contribution in [0.2, 0.25) is 10.0 Å². The lowest BCUT2D eigenvalue weighted by Crippen LogP contribution is -2.33. The first-order valence-corrected chi connectivity index (χ1v) is 13.0. The molecular weight excluding hydrogens is 525 g/mol. The quantitative estimate of drug-likeness (QED) is 0.258. The molecule has 6 nitrogen and oxygen atoms in total. The van der Waals surface area contributed by atoms with Crippen molar-refractivity contribution in [3.05, 3.63) is 112 Å². The number of aromatic nitrogens is 2. The summed E-state index contributed by atoms with van der Waals surface area (Å²) in [6.45, 7) is 2.40. The summed E-state index contributed by atoms with van der Waals surface area (Å²) in [6, 6.07) is 22.6. The largest absolute Gasteiger partial charge is 0.352 e. The molecule has 0 bridgehead atoms. The second-order valence-corrected chi connectivity index (χ2v) is 10.1. The molecule has 3 heterocycles. The van der Waals surface area contributed by atoms with E-state index in [2.05, 4.69) is 20.5 Å². The number of hydrogen-bond acceptors (Lipinski definition) is 3. The molecule has 0 unspecified atom stereocenters. The summed E-state index contributed by atoms with van der Waals surface area (Å²) in [4.78, 5) is 19.5. The first-order chi connectivity index (χ1) is 17.9. The van der Waals surface area contributed by atoms with Crippen molar-refractivity contribution in [2.24, 2.45) is 0 Å². The number of pyridine rings is 1. The molecule has 5 rings (SSSR count). The monoisotopic (exact) mass is 549 g/mol. The van der Waals surface area contributed by atoms with Crippen molar-refractivity contribution in [3.8, 4) is 5.69 Å². The first kappa shape index (κ1) is 25.3. The predicted molar refractivity (Wildman–Crippen MR) is 152 cm³/mol. The van der Waals surface area contributed by atoms with Crippen molar-refractivity contribution in [3.63, 3.8) is 0 Å². The Labute approximate surface area is 231 Å². The van der Waals surface area contributed by atoms with Crippen molar-refractivity contribution in [2.45, 2.75) is 25.4 Å². The van der Waals surface area contributed by atoms with Gasteiger partial charge in [-0.05, 0) is 73.2 Å². The lowest BCUT2D eigenvalue weighted by molar-refractivity contribution is -0.116. The lowest BCUT2D eigenvalue weighted by atomic mass is 10.0. The Hall–Kier alpha value is -3.39. The van der Waals surface area contributed by atoms with Crippen LogP contribution in [0.1, 0.15) is 35.5 Å². The zero-order valence-electron chi connectivity index (χ0n) is 20.1. The second-order valence-electron chi connectivity index (χ2n) is 8.83. The molecule has 2 aromatic heterocycles. The van der Waals surface area contributed by atoms with Crippen LogP contribution in [0.4, 0.5) is 5.69 Å². The minimum absolute atomic E-state index is 0.0757. The fraction of sp³-hybridized carbons (Fsp3) is 0.179. The van der Waals surface area contributed by atoms with Crippen molar-refractivity contribution in [2.75, 3.05) is 11.9 Å². The summed E-state index contributed by atoms with van der Waals surface area (Å²) in [6.07, 6.45) is 4.00. The third kappa shape index (κ3) is 5.34. The Morgan fingerprint density at radius 2 is 1.89 bits per heavy atom. The summed E-state index contributed by atoms with van der Waals surface area (Å²) in [7, 11) is 0. The van der Waals surface area contributed by atoms with Gasteiger partial charge in [-0.25, -0.2) is 0 Å². The minimum Gasteiger partial charge on any atom is -0.352 e. The Morgan fingerprint density at radius 3 is 2.65 bits per heavy atom. The van der Waals surface area contributed by atoms with Crippen molar-refractivity contribution in [1.29, 1.82) is 0 Å². The molecule has 1 amide bonds. The molecule has 1 aliphatic rings. The summed E-state index contributed by atoms with van der Waals surface area (Å²) in [5, 5.41) is 8.13. The molecule has 9 heteroatoms. The van der Waals surface area contributed by atoms with Gasteiger partial charge in [-0.2, -0.15) is 0 Å². The van der Waals surface area contributed by atoms with Gasteiger partial charge in [0.2, 0.25) is 5.91 Å². The maximum Gasteiger partial charge on any atom is 0.226 e. The molecule has 1 aliphatic heterocycles. The van der Waals surface area contributed by atoms with Crippen LogP contribution in [0.5, 0.6) is 0 Å². The molecule has 4 aromatic rings. The van der Waals surface area contributed by atoms with Gasteiger partial charge >= 0.3 is 0 Å². The number of hydrogen-bond donors (Lipinski definition) is 2. The highest BCUT2D eigenvalue weighted by Crippen LogP contribution is 2.40. The highest BCUT2D eigenvalue weighted by atomic mass is 35.5. The van der Waals surface area contributed by atoms with Gasteiger partial charge in [0.25, 0.3) is 0 Å². The average Bonchev–Trinajstić information content (AvgIpc) is 3.48. The van der Waals surface area contributed by atoms with E-state index in [0.29, 0.717) is 21.7 Å². The number of rotatable bonds is 7. The van der Waals surface area contributed by atoms with E-state index < -0.39 is 0 Å². The molecule has 2 aromatic carbocycles. The Morgan fingerprint density at radius 1 is 1.08 bits per heavy atom. The van der Waals surface area contributed by atoms with Gasteiger partial charge in [-0.15, -0.1) is 0 Å². The molecule has 37 heavy (non-hydrogen) atoms. The minimum atomic E-state index is -0.226. The molecule has 188 valence electrons. The van der Waals surface area contributed by atoms with E-state index >= 15 is 0 Å². The molecule has 0 aliphatic carbocycles. The number of anilines is 1. The fourth-order valence-electron chi connectivity index (χ4n) is 4.65. The van der Waals surface area contributed by atoms with Gasteiger partial charge < -0.3 is 20.1 Å². The van der Waals surface area contributed by atoms with Crippen LogP contribution in [0, 0.1) is 6.92 Å². The predicted octanol–water partition coefficient (Wildman–Crippen LogP) is 6.49. The number of thiocarbonyl (C=S) groups is 1. The second kappa shape index (κ2) is 10.9. The molecular formula is C28H25Cl2N5OS. The van der Waals surface area contributed by atoms with Crippen LogP contribution in [-0.4, -0.2) is 32.0 Å². The Balaban J connectivity index is 1.46. The summed E-state index contributed by atoms with van der Waals surface area (Å²) in [5.74, 6) is -0.0757. The molecule has 0 radical (unpaired) electrons. The average molecular weight is 551 g/mol. The number of nitrogens with one attached hydrogen (secondary N) is 2. The van der Waals surface area contributed by atoms with E-state index in [-0.39, 0.29) is 24.4 Å². The fourth-order valence-corrected chi connectivity index (χ4v) is 5.48. The van der Waals surface area contributed by atoms with Crippen LogP contribution in [0.3, 0.4) is 0 Å². The number of para-hydroxylation sites is 1. The number of carbonyl (C=O) groups excluding carboxylic acids is 1.